The number of carbonyl (C=O) groups is 1. The van der Waals surface area contributed by atoms with Crippen molar-refractivity contribution in [2.75, 3.05) is 12.3 Å². The van der Waals surface area contributed by atoms with Crippen LogP contribution in [0.3, 0.4) is 0 Å². The fourth-order valence-electron chi connectivity index (χ4n) is 1.68. The van der Waals surface area contributed by atoms with Crippen molar-refractivity contribution in [3.8, 4) is 0 Å². The monoisotopic (exact) mass is 275 g/mol. The summed E-state index contributed by atoms with van der Waals surface area (Å²) in [4.78, 5) is 11.8. The highest BCUT2D eigenvalue weighted by molar-refractivity contribution is 5.96. The third kappa shape index (κ3) is 3.33. The smallest absolute Gasteiger partial charge is 0.275 e. The Morgan fingerprint density at radius 3 is 2.80 bits per heavy atom. The number of nitrogens with two attached hydrogens (primary N) is 1. The third-order valence-electron chi connectivity index (χ3n) is 2.72. The van der Waals surface area contributed by atoms with E-state index in [0.717, 1.165) is 5.56 Å². The molecular weight excluding hydrogens is 258 g/mol. The molecule has 0 fully saturated rings. The number of rotatable bonds is 5. The van der Waals surface area contributed by atoms with Crippen LogP contribution in [0, 0.1) is 0 Å². The molecule has 0 saturated carbocycles. The Bertz CT molecular complexity index is 580. The van der Waals surface area contributed by atoms with Gasteiger partial charge in [-0.25, -0.2) is 4.68 Å². The Balaban J connectivity index is 2.09. The summed E-state index contributed by atoms with van der Waals surface area (Å²) >= 11 is 0. The van der Waals surface area contributed by atoms with E-state index in [1.54, 1.807) is 6.92 Å². The van der Waals surface area contributed by atoms with Gasteiger partial charge in [-0.15, -0.1) is 5.10 Å². The Morgan fingerprint density at radius 1 is 1.45 bits per heavy atom. The van der Waals surface area contributed by atoms with Gasteiger partial charge >= 0.3 is 0 Å². The molecular formula is C13H17N5O2. The molecule has 2 aromatic rings. The Labute approximate surface area is 116 Å². The third-order valence-corrected chi connectivity index (χ3v) is 2.72. The van der Waals surface area contributed by atoms with Crippen LogP contribution in [0.1, 0.15) is 23.0 Å². The number of nitrogens with one attached hydrogen (secondary N) is 1. The molecule has 1 atom stereocenters. The summed E-state index contributed by atoms with van der Waals surface area (Å²) in [5.41, 5.74) is 6.96. The average molecular weight is 275 g/mol. The van der Waals surface area contributed by atoms with Crippen molar-refractivity contribution < 1.29 is 9.90 Å². The molecule has 1 aromatic heterocycles. The number of nitrogen functional groups attached to an aromatic ring is 1. The Hall–Kier alpha value is -2.41. The summed E-state index contributed by atoms with van der Waals surface area (Å²) in [6.07, 6.45) is -0.625. The number of aliphatic hydroxyl groups is 1. The predicted octanol–water partition coefficient (Wildman–Crippen LogP) is 0.0192. The Kier molecular flexibility index (Phi) is 4.31. The van der Waals surface area contributed by atoms with E-state index in [1.807, 2.05) is 30.3 Å². The molecule has 7 nitrogen and oxygen atoms in total. The van der Waals surface area contributed by atoms with Gasteiger partial charge in [0.2, 0.25) is 0 Å². The molecule has 0 bridgehead atoms. The van der Waals surface area contributed by atoms with E-state index in [0.29, 0.717) is 6.54 Å². The number of nitrogens with zero attached hydrogens (tertiary/aromatic N) is 3. The first-order valence-electron chi connectivity index (χ1n) is 6.27. The van der Waals surface area contributed by atoms with E-state index >= 15 is 0 Å². The average Bonchev–Trinajstić information content (AvgIpc) is 2.79. The molecule has 1 amide bonds. The lowest BCUT2D eigenvalue weighted by Gasteiger charge is -2.06. The molecule has 0 spiro atoms. The van der Waals surface area contributed by atoms with Crippen molar-refractivity contribution in [3.63, 3.8) is 0 Å². The summed E-state index contributed by atoms with van der Waals surface area (Å²) in [6.45, 7) is 2.17. The molecule has 0 radical (unpaired) electrons. The van der Waals surface area contributed by atoms with E-state index in [4.69, 9.17) is 10.8 Å². The lowest BCUT2D eigenvalue weighted by Crippen LogP contribution is -2.31. The largest absolute Gasteiger partial charge is 0.392 e. The first-order chi connectivity index (χ1) is 9.58. The van der Waals surface area contributed by atoms with Gasteiger partial charge in [-0.05, 0) is 12.5 Å². The molecule has 1 aromatic carbocycles. The first kappa shape index (κ1) is 14.0. The van der Waals surface area contributed by atoms with Crippen LogP contribution in [0.4, 0.5) is 5.82 Å². The maximum atomic E-state index is 11.8. The van der Waals surface area contributed by atoms with Crippen LogP contribution in [0.5, 0.6) is 0 Å². The second-order valence-electron chi connectivity index (χ2n) is 4.53. The summed E-state index contributed by atoms with van der Waals surface area (Å²) in [5, 5.41) is 19.3. The van der Waals surface area contributed by atoms with Gasteiger partial charge in [0.15, 0.2) is 11.5 Å². The minimum atomic E-state index is -0.625. The molecule has 7 heteroatoms. The van der Waals surface area contributed by atoms with E-state index in [9.17, 15) is 4.79 Å². The van der Waals surface area contributed by atoms with Crippen LogP contribution in [-0.2, 0) is 6.54 Å². The van der Waals surface area contributed by atoms with Crippen molar-refractivity contribution in [2.45, 2.75) is 19.6 Å². The number of benzene rings is 1. The lowest BCUT2D eigenvalue weighted by molar-refractivity contribution is 0.0920. The summed E-state index contributed by atoms with van der Waals surface area (Å²) in [7, 11) is 0. The van der Waals surface area contributed by atoms with Crippen molar-refractivity contribution in [1.82, 2.24) is 20.3 Å². The molecule has 1 heterocycles. The topological polar surface area (TPSA) is 106 Å². The molecule has 106 valence electrons. The number of hydrogen-bond acceptors (Lipinski definition) is 5. The zero-order chi connectivity index (χ0) is 14.5. The standard InChI is InChI=1S/C13H17N5O2/c1-9(19)7-15-13(20)11-12(14)18(17-16-11)8-10-5-3-2-4-6-10/h2-6,9,19H,7-8,14H2,1H3,(H,15,20). The van der Waals surface area contributed by atoms with Crippen molar-refractivity contribution in [2.24, 2.45) is 0 Å². The minimum absolute atomic E-state index is 0.0709. The highest BCUT2D eigenvalue weighted by atomic mass is 16.3. The summed E-state index contributed by atoms with van der Waals surface area (Å²) in [6, 6.07) is 9.63. The number of carbonyl (C=O) groups excluding carboxylic acids is 1. The molecule has 1 unspecified atom stereocenters. The molecule has 0 aliphatic rings. The molecule has 0 aliphatic heterocycles. The Morgan fingerprint density at radius 2 is 2.15 bits per heavy atom. The number of amides is 1. The van der Waals surface area contributed by atoms with Crippen LogP contribution >= 0.6 is 0 Å². The normalized spacial score (nSPS) is 12.1. The van der Waals surface area contributed by atoms with Crippen LogP contribution in [0.15, 0.2) is 30.3 Å². The number of aromatic nitrogens is 3. The van der Waals surface area contributed by atoms with Crippen LogP contribution < -0.4 is 11.1 Å². The van der Waals surface area contributed by atoms with Crippen LogP contribution in [0.25, 0.3) is 0 Å². The van der Waals surface area contributed by atoms with E-state index in [1.165, 1.54) is 4.68 Å². The van der Waals surface area contributed by atoms with Crippen molar-refractivity contribution >= 4 is 11.7 Å². The van der Waals surface area contributed by atoms with Gasteiger partial charge in [0.25, 0.3) is 5.91 Å². The van der Waals surface area contributed by atoms with E-state index in [-0.39, 0.29) is 18.1 Å². The lowest BCUT2D eigenvalue weighted by atomic mass is 10.2. The molecule has 0 aliphatic carbocycles. The molecule has 2 rings (SSSR count). The van der Waals surface area contributed by atoms with Crippen LogP contribution in [0.2, 0.25) is 0 Å². The van der Waals surface area contributed by atoms with Gasteiger partial charge in [0.1, 0.15) is 0 Å². The quantitative estimate of drug-likeness (QED) is 0.713. The predicted molar refractivity (Wildman–Crippen MR) is 74.0 cm³/mol. The minimum Gasteiger partial charge on any atom is -0.392 e. The second kappa shape index (κ2) is 6.16. The number of hydrogen-bond donors (Lipinski definition) is 3. The highest BCUT2D eigenvalue weighted by Crippen LogP contribution is 2.10. The molecule has 4 N–H and O–H groups in total. The van der Waals surface area contributed by atoms with Gasteiger partial charge in [-0.2, -0.15) is 0 Å². The van der Waals surface area contributed by atoms with Gasteiger partial charge in [0.05, 0.1) is 12.6 Å². The second-order valence-corrected chi connectivity index (χ2v) is 4.53. The first-order valence-corrected chi connectivity index (χ1v) is 6.27. The molecule has 0 saturated heterocycles. The van der Waals surface area contributed by atoms with Gasteiger partial charge in [-0.3, -0.25) is 4.79 Å². The SMILES string of the molecule is CC(O)CNC(=O)c1nnn(Cc2ccccc2)c1N. The summed E-state index contributed by atoms with van der Waals surface area (Å²) in [5.74, 6) is -0.236. The van der Waals surface area contributed by atoms with E-state index < -0.39 is 12.0 Å². The maximum absolute atomic E-state index is 11.8. The molecule has 20 heavy (non-hydrogen) atoms. The fraction of sp³-hybridized carbons (Fsp3) is 0.308. The van der Waals surface area contributed by atoms with Crippen molar-refractivity contribution in [3.05, 3.63) is 41.6 Å². The van der Waals surface area contributed by atoms with Crippen molar-refractivity contribution in [1.29, 1.82) is 0 Å². The van der Waals surface area contributed by atoms with E-state index in [2.05, 4.69) is 15.6 Å². The zero-order valence-electron chi connectivity index (χ0n) is 11.2. The maximum Gasteiger partial charge on any atom is 0.275 e. The van der Waals surface area contributed by atoms with Gasteiger partial charge in [0, 0.05) is 6.54 Å². The summed E-state index contributed by atoms with van der Waals surface area (Å²) < 4.78 is 1.46. The van der Waals surface area contributed by atoms with Gasteiger partial charge < -0.3 is 16.2 Å². The number of anilines is 1. The zero-order valence-corrected chi connectivity index (χ0v) is 11.2. The fourth-order valence-corrected chi connectivity index (χ4v) is 1.68. The highest BCUT2D eigenvalue weighted by Gasteiger charge is 2.17. The number of aliphatic hydroxyl groups excluding tert-OH is 1. The van der Waals surface area contributed by atoms with Crippen LogP contribution in [-0.4, -0.2) is 38.7 Å². The van der Waals surface area contributed by atoms with Gasteiger partial charge in [-0.1, -0.05) is 35.5 Å².